The van der Waals surface area contributed by atoms with E-state index in [1.165, 1.54) is 0 Å². The second-order valence-electron chi connectivity index (χ2n) is 6.92. The highest BCUT2D eigenvalue weighted by atomic mass is 32.1. The molecule has 3 unspecified atom stereocenters. The molecular weight excluding hydrogens is 350 g/mol. The molecule has 0 aliphatic carbocycles. The number of aliphatic hydroxyl groups excluding tert-OH is 1. The summed E-state index contributed by atoms with van der Waals surface area (Å²) >= 11 is 1.62. The summed E-state index contributed by atoms with van der Waals surface area (Å²) in [5, 5.41) is 15.8. The predicted octanol–water partition coefficient (Wildman–Crippen LogP) is 2.17. The molecular formula is C19H23N3O3S. The molecule has 3 atom stereocenters. The zero-order valence-corrected chi connectivity index (χ0v) is 15.5. The van der Waals surface area contributed by atoms with Crippen molar-refractivity contribution >= 4 is 17.2 Å². The number of rotatable bonds is 3. The number of carbonyl (C=O) groups excluding carboxylic acids is 1. The first-order valence-corrected chi connectivity index (χ1v) is 9.89. The van der Waals surface area contributed by atoms with Gasteiger partial charge in [-0.3, -0.25) is 4.79 Å². The van der Waals surface area contributed by atoms with Crippen LogP contribution in [0, 0.1) is 6.92 Å². The number of aromatic nitrogens is 1. The summed E-state index contributed by atoms with van der Waals surface area (Å²) in [6.45, 7) is 3.12. The molecule has 1 aromatic carbocycles. The SMILES string of the molecule is Cc1ncsc1-c1ccc2c(c1)OCCCC2NC(=O)C1CC(O)CN1. The van der Waals surface area contributed by atoms with E-state index in [1.807, 2.05) is 12.4 Å². The number of ether oxygens (including phenoxy) is 1. The van der Waals surface area contributed by atoms with Crippen molar-refractivity contribution in [2.24, 2.45) is 0 Å². The van der Waals surface area contributed by atoms with Crippen LogP contribution in [0.25, 0.3) is 10.4 Å². The van der Waals surface area contributed by atoms with Crippen LogP contribution in [0.15, 0.2) is 23.7 Å². The third-order valence-electron chi connectivity index (χ3n) is 5.03. The minimum Gasteiger partial charge on any atom is -0.493 e. The maximum atomic E-state index is 12.5. The van der Waals surface area contributed by atoms with Crippen LogP contribution in [0.3, 0.4) is 0 Å². The lowest BCUT2D eigenvalue weighted by atomic mass is 9.99. The fourth-order valence-corrected chi connectivity index (χ4v) is 4.43. The number of amides is 1. The van der Waals surface area contributed by atoms with Crippen LogP contribution in [0.1, 0.15) is 36.6 Å². The first-order valence-electron chi connectivity index (χ1n) is 9.01. The van der Waals surface area contributed by atoms with Gasteiger partial charge in [-0.1, -0.05) is 12.1 Å². The Hall–Kier alpha value is -1.96. The van der Waals surface area contributed by atoms with Crippen LogP contribution in [0.5, 0.6) is 5.75 Å². The summed E-state index contributed by atoms with van der Waals surface area (Å²) in [4.78, 5) is 18.0. The van der Waals surface area contributed by atoms with E-state index in [2.05, 4.69) is 33.8 Å². The van der Waals surface area contributed by atoms with Crippen molar-refractivity contribution in [2.75, 3.05) is 13.2 Å². The minimum atomic E-state index is -0.444. The average Bonchev–Trinajstić information content (AvgIpc) is 3.20. The van der Waals surface area contributed by atoms with E-state index in [4.69, 9.17) is 4.74 Å². The summed E-state index contributed by atoms with van der Waals surface area (Å²) in [6.07, 6.45) is 1.74. The van der Waals surface area contributed by atoms with Crippen LogP contribution < -0.4 is 15.4 Å². The van der Waals surface area contributed by atoms with Crippen molar-refractivity contribution in [3.05, 3.63) is 35.0 Å². The molecule has 0 spiro atoms. The molecule has 0 saturated carbocycles. The number of thiazole rings is 1. The standard InChI is InChI=1S/C19H23N3O3S/c1-11-18(26-10-21-11)12-4-5-14-15(3-2-6-25-17(14)7-12)22-19(24)16-8-13(23)9-20-16/h4-5,7,10,13,15-16,20,23H,2-3,6,8-9H2,1H3,(H,22,24). The molecule has 138 valence electrons. The number of hydrogen-bond donors (Lipinski definition) is 3. The number of nitrogens with one attached hydrogen (secondary N) is 2. The number of carbonyl (C=O) groups is 1. The zero-order valence-electron chi connectivity index (χ0n) is 14.7. The molecule has 1 amide bonds. The van der Waals surface area contributed by atoms with Gasteiger partial charge in [-0.05, 0) is 37.8 Å². The molecule has 0 bridgehead atoms. The van der Waals surface area contributed by atoms with Gasteiger partial charge < -0.3 is 20.5 Å². The maximum Gasteiger partial charge on any atom is 0.237 e. The number of β-amino-alcohol motifs (C(OH)–C–C–N with tert-alkyl or cyclic N) is 1. The van der Waals surface area contributed by atoms with Crippen LogP contribution >= 0.6 is 11.3 Å². The average molecular weight is 373 g/mol. The number of aliphatic hydroxyl groups is 1. The molecule has 1 aromatic heterocycles. The van der Waals surface area contributed by atoms with E-state index in [1.54, 1.807) is 11.3 Å². The van der Waals surface area contributed by atoms with E-state index >= 15 is 0 Å². The quantitative estimate of drug-likeness (QED) is 0.768. The minimum absolute atomic E-state index is 0.0539. The lowest BCUT2D eigenvalue weighted by Crippen LogP contribution is -2.42. The molecule has 4 rings (SSSR count). The molecule has 26 heavy (non-hydrogen) atoms. The fraction of sp³-hybridized carbons (Fsp3) is 0.474. The Kier molecular flexibility index (Phi) is 4.93. The van der Waals surface area contributed by atoms with Gasteiger partial charge in [-0.2, -0.15) is 0 Å². The summed E-state index contributed by atoms with van der Waals surface area (Å²) < 4.78 is 5.96. The van der Waals surface area contributed by atoms with Crippen molar-refractivity contribution in [3.8, 4) is 16.2 Å². The lowest BCUT2D eigenvalue weighted by Gasteiger charge is -2.21. The summed E-state index contributed by atoms with van der Waals surface area (Å²) in [7, 11) is 0. The molecule has 2 aromatic rings. The number of fused-ring (bicyclic) bond motifs is 1. The van der Waals surface area contributed by atoms with Gasteiger partial charge >= 0.3 is 0 Å². The molecule has 6 nitrogen and oxygen atoms in total. The van der Waals surface area contributed by atoms with Gasteiger partial charge in [0.2, 0.25) is 5.91 Å². The monoisotopic (exact) mass is 373 g/mol. The third-order valence-corrected chi connectivity index (χ3v) is 6.01. The normalized spacial score (nSPS) is 25.2. The largest absolute Gasteiger partial charge is 0.493 e. The molecule has 1 saturated heterocycles. The van der Waals surface area contributed by atoms with Gasteiger partial charge in [0.15, 0.2) is 0 Å². The summed E-state index contributed by atoms with van der Waals surface area (Å²) in [5.41, 5.74) is 4.97. The number of nitrogens with zero attached hydrogens (tertiary/aromatic N) is 1. The van der Waals surface area contributed by atoms with E-state index in [0.717, 1.165) is 40.3 Å². The Balaban J connectivity index is 1.57. The van der Waals surface area contributed by atoms with E-state index in [0.29, 0.717) is 19.6 Å². The van der Waals surface area contributed by atoms with E-state index < -0.39 is 6.10 Å². The van der Waals surface area contributed by atoms with Crippen LogP contribution in [0.4, 0.5) is 0 Å². The van der Waals surface area contributed by atoms with Crippen molar-refractivity contribution in [1.29, 1.82) is 0 Å². The molecule has 3 heterocycles. The Morgan fingerprint density at radius 2 is 2.35 bits per heavy atom. The topological polar surface area (TPSA) is 83.5 Å². The Labute approximate surface area is 156 Å². The first kappa shape index (κ1) is 17.5. The highest BCUT2D eigenvalue weighted by Crippen LogP contribution is 2.37. The van der Waals surface area contributed by atoms with Gasteiger partial charge in [0, 0.05) is 12.1 Å². The molecule has 1 fully saturated rings. The maximum absolute atomic E-state index is 12.5. The predicted molar refractivity (Wildman–Crippen MR) is 100 cm³/mol. The Morgan fingerprint density at radius 3 is 3.08 bits per heavy atom. The summed E-state index contributed by atoms with van der Waals surface area (Å²) in [5.74, 6) is 0.777. The molecule has 2 aliphatic heterocycles. The fourth-order valence-electron chi connectivity index (χ4n) is 3.63. The van der Waals surface area contributed by atoms with Crippen LogP contribution in [-0.4, -0.2) is 41.3 Å². The van der Waals surface area contributed by atoms with Gasteiger partial charge in [-0.15, -0.1) is 11.3 Å². The zero-order chi connectivity index (χ0) is 18.1. The molecule has 0 radical (unpaired) electrons. The Morgan fingerprint density at radius 1 is 1.46 bits per heavy atom. The van der Waals surface area contributed by atoms with Gasteiger partial charge in [0.25, 0.3) is 0 Å². The highest BCUT2D eigenvalue weighted by Gasteiger charge is 2.30. The molecule has 3 N–H and O–H groups in total. The van der Waals surface area contributed by atoms with E-state index in [9.17, 15) is 9.90 Å². The second-order valence-corrected chi connectivity index (χ2v) is 7.78. The second kappa shape index (κ2) is 7.34. The Bertz CT molecular complexity index is 807. The smallest absolute Gasteiger partial charge is 0.237 e. The number of hydrogen-bond acceptors (Lipinski definition) is 6. The van der Waals surface area contributed by atoms with E-state index in [-0.39, 0.29) is 18.0 Å². The van der Waals surface area contributed by atoms with Crippen molar-refractivity contribution in [2.45, 2.75) is 44.4 Å². The summed E-state index contributed by atoms with van der Waals surface area (Å²) in [6, 6.07) is 5.78. The number of benzene rings is 1. The molecule has 7 heteroatoms. The van der Waals surface area contributed by atoms with Crippen molar-refractivity contribution < 1.29 is 14.6 Å². The van der Waals surface area contributed by atoms with Crippen molar-refractivity contribution in [3.63, 3.8) is 0 Å². The highest BCUT2D eigenvalue weighted by molar-refractivity contribution is 7.13. The lowest BCUT2D eigenvalue weighted by molar-refractivity contribution is -0.123. The van der Waals surface area contributed by atoms with Crippen LogP contribution in [0.2, 0.25) is 0 Å². The van der Waals surface area contributed by atoms with Gasteiger partial charge in [0.05, 0.1) is 40.9 Å². The van der Waals surface area contributed by atoms with Gasteiger partial charge in [-0.25, -0.2) is 4.98 Å². The number of aryl methyl sites for hydroxylation is 1. The first-order chi connectivity index (χ1) is 12.6. The van der Waals surface area contributed by atoms with Crippen LogP contribution in [-0.2, 0) is 4.79 Å². The third kappa shape index (κ3) is 3.47. The van der Waals surface area contributed by atoms with Gasteiger partial charge in [0.1, 0.15) is 5.75 Å². The van der Waals surface area contributed by atoms with Crippen molar-refractivity contribution in [1.82, 2.24) is 15.6 Å². The molecule has 2 aliphatic rings.